The van der Waals surface area contributed by atoms with Crippen molar-refractivity contribution in [3.05, 3.63) is 35.0 Å². The fourth-order valence-corrected chi connectivity index (χ4v) is 5.42. The van der Waals surface area contributed by atoms with E-state index in [-0.39, 0.29) is 29.0 Å². The Bertz CT molecular complexity index is 1160. The first-order chi connectivity index (χ1) is 18.4. The smallest absolute Gasteiger partial charge is 0.232 e. The van der Waals surface area contributed by atoms with Crippen LogP contribution in [0, 0.1) is 5.41 Å². The molecule has 2 heterocycles. The summed E-state index contributed by atoms with van der Waals surface area (Å²) >= 11 is 7.60. The van der Waals surface area contributed by atoms with Crippen molar-refractivity contribution in [1.29, 1.82) is 0 Å². The van der Waals surface area contributed by atoms with Gasteiger partial charge in [-0.2, -0.15) is 0 Å². The molecule has 1 aromatic heterocycles. The Morgan fingerprint density at radius 3 is 2.49 bits per heavy atom. The quantitative estimate of drug-likeness (QED) is 0.233. The van der Waals surface area contributed by atoms with Gasteiger partial charge in [0.05, 0.1) is 20.0 Å². The maximum absolute atomic E-state index is 12.8. The number of rotatable bonds is 10. The highest BCUT2D eigenvalue weighted by Gasteiger charge is 2.30. The summed E-state index contributed by atoms with van der Waals surface area (Å²) in [4.78, 5) is 40.3. The minimum atomic E-state index is -0.0467. The zero-order valence-corrected chi connectivity index (χ0v) is 25.6. The average Bonchev–Trinajstić information content (AvgIpc) is 2.88. The Balaban J connectivity index is 1.54. The van der Waals surface area contributed by atoms with Crippen molar-refractivity contribution < 1.29 is 19.1 Å². The van der Waals surface area contributed by atoms with Gasteiger partial charge in [0.1, 0.15) is 11.0 Å². The molecule has 2 aromatic rings. The number of halogens is 1. The van der Waals surface area contributed by atoms with Gasteiger partial charge >= 0.3 is 0 Å². The van der Waals surface area contributed by atoms with Gasteiger partial charge in [0.15, 0.2) is 16.7 Å². The van der Waals surface area contributed by atoms with Crippen LogP contribution in [0.1, 0.15) is 39.7 Å². The second-order valence-corrected chi connectivity index (χ2v) is 12.3. The number of carbonyl (C=O) groups excluding carboxylic acids is 2. The van der Waals surface area contributed by atoms with Crippen LogP contribution >= 0.6 is 23.4 Å². The molecule has 9 nitrogen and oxygen atoms in total. The van der Waals surface area contributed by atoms with E-state index in [1.165, 1.54) is 11.8 Å². The molecule has 1 aliphatic heterocycles. The topological polar surface area (TPSA) is 88.1 Å². The highest BCUT2D eigenvalue weighted by atomic mass is 35.5. The summed E-state index contributed by atoms with van der Waals surface area (Å²) in [5.74, 6) is 2.41. The van der Waals surface area contributed by atoms with Crippen LogP contribution in [-0.2, 0) is 16.0 Å². The molecule has 11 heteroatoms. The predicted molar refractivity (Wildman–Crippen MR) is 156 cm³/mol. The predicted octanol–water partition coefficient (Wildman–Crippen LogP) is 4.41. The molecule has 0 radical (unpaired) electrons. The van der Waals surface area contributed by atoms with Gasteiger partial charge < -0.3 is 24.2 Å². The molecular formula is C28H40ClN5O4S. The number of carbonyl (C=O) groups is 2. The van der Waals surface area contributed by atoms with Gasteiger partial charge in [-0.05, 0) is 36.5 Å². The molecule has 1 aromatic carbocycles. The summed E-state index contributed by atoms with van der Waals surface area (Å²) in [7, 11) is 5.00. The lowest BCUT2D eigenvalue weighted by atomic mass is 9.91. The van der Waals surface area contributed by atoms with E-state index in [1.54, 1.807) is 32.2 Å². The summed E-state index contributed by atoms with van der Waals surface area (Å²) in [6.45, 7) is 10.8. The summed E-state index contributed by atoms with van der Waals surface area (Å²) in [6.07, 6.45) is 1.21. The van der Waals surface area contributed by atoms with E-state index in [9.17, 15) is 9.59 Å². The summed E-state index contributed by atoms with van der Waals surface area (Å²) in [5, 5.41) is 0.786. The Labute approximate surface area is 241 Å². The number of benzene rings is 1. The fourth-order valence-electron chi connectivity index (χ4n) is 4.40. The van der Waals surface area contributed by atoms with Crippen molar-refractivity contribution in [3.8, 4) is 11.5 Å². The van der Waals surface area contributed by atoms with Gasteiger partial charge in [-0.1, -0.05) is 50.2 Å². The van der Waals surface area contributed by atoms with E-state index >= 15 is 0 Å². The molecule has 2 amide bonds. The molecule has 0 aliphatic carbocycles. The van der Waals surface area contributed by atoms with Crippen LogP contribution in [0.3, 0.4) is 0 Å². The van der Waals surface area contributed by atoms with Crippen LogP contribution in [-0.4, -0.2) is 90.8 Å². The largest absolute Gasteiger partial charge is 0.493 e. The Morgan fingerprint density at radius 2 is 1.85 bits per heavy atom. The van der Waals surface area contributed by atoms with Crippen LogP contribution in [0.4, 0.5) is 5.82 Å². The number of methoxy groups -OCH3 is 2. The van der Waals surface area contributed by atoms with Gasteiger partial charge in [-0.25, -0.2) is 9.97 Å². The van der Waals surface area contributed by atoms with Crippen LogP contribution in [0.2, 0.25) is 5.15 Å². The van der Waals surface area contributed by atoms with Crippen molar-refractivity contribution in [1.82, 2.24) is 19.8 Å². The number of likely N-dealkylation sites (N-methyl/N-ethyl adjacent to an activating group) is 1. The lowest BCUT2D eigenvalue weighted by Gasteiger charge is -2.41. The lowest BCUT2D eigenvalue weighted by Crippen LogP contribution is -2.54. The number of anilines is 1. The van der Waals surface area contributed by atoms with E-state index in [0.717, 1.165) is 5.56 Å². The monoisotopic (exact) mass is 577 g/mol. The number of thioether (sulfide) groups is 1. The minimum Gasteiger partial charge on any atom is -0.493 e. The molecule has 0 N–H and O–H groups in total. The number of hydrogen-bond acceptors (Lipinski definition) is 8. The SMILES string of the molecule is COc1ccc(CCN(C)C(=O)CSc2nc(Cl)cc(N3CCN(C(=O)CC(C)(C)C)C(C)C3)n2)cc1OC. The van der Waals surface area contributed by atoms with Crippen molar-refractivity contribution in [2.24, 2.45) is 5.41 Å². The van der Waals surface area contributed by atoms with Crippen LogP contribution < -0.4 is 14.4 Å². The normalized spacial score (nSPS) is 15.7. The number of ether oxygens (including phenoxy) is 2. The van der Waals surface area contributed by atoms with Crippen molar-refractivity contribution >= 4 is 41.0 Å². The molecule has 0 saturated carbocycles. The Hall–Kier alpha value is -2.72. The van der Waals surface area contributed by atoms with E-state index in [1.807, 2.05) is 23.1 Å². The highest BCUT2D eigenvalue weighted by molar-refractivity contribution is 7.99. The third kappa shape index (κ3) is 8.89. The molecule has 1 unspecified atom stereocenters. The van der Waals surface area contributed by atoms with Gasteiger partial charge in [0.2, 0.25) is 11.8 Å². The Morgan fingerprint density at radius 1 is 1.13 bits per heavy atom. The maximum Gasteiger partial charge on any atom is 0.232 e. The number of amides is 2. The van der Waals surface area contributed by atoms with E-state index in [4.69, 9.17) is 21.1 Å². The summed E-state index contributed by atoms with van der Waals surface area (Å²) in [5.41, 5.74) is 1.01. The molecule has 1 saturated heterocycles. The van der Waals surface area contributed by atoms with Gasteiger partial charge in [-0.3, -0.25) is 9.59 Å². The number of hydrogen-bond donors (Lipinski definition) is 0. The zero-order valence-electron chi connectivity index (χ0n) is 24.0. The average molecular weight is 578 g/mol. The molecule has 1 fully saturated rings. The summed E-state index contributed by atoms with van der Waals surface area (Å²) in [6, 6.07) is 7.55. The highest BCUT2D eigenvalue weighted by Crippen LogP contribution is 2.28. The summed E-state index contributed by atoms with van der Waals surface area (Å²) < 4.78 is 10.7. The van der Waals surface area contributed by atoms with E-state index < -0.39 is 0 Å². The number of nitrogens with zero attached hydrogens (tertiary/aromatic N) is 5. The van der Waals surface area contributed by atoms with Crippen LogP contribution in [0.5, 0.6) is 11.5 Å². The van der Waals surface area contributed by atoms with E-state index in [2.05, 4.69) is 42.6 Å². The van der Waals surface area contributed by atoms with E-state index in [0.29, 0.717) is 66.6 Å². The van der Waals surface area contributed by atoms with Gasteiger partial charge in [0, 0.05) is 51.8 Å². The third-order valence-corrected chi connectivity index (χ3v) is 7.57. The van der Waals surface area contributed by atoms with Crippen molar-refractivity contribution in [2.75, 3.05) is 58.1 Å². The number of piperazine rings is 1. The first kappa shape index (κ1) is 30.8. The number of aromatic nitrogens is 2. The molecule has 0 spiro atoms. The molecular weight excluding hydrogens is 538 g/mol. The lowest BCUT2D eigenvalue weighted by molar-refractivity contribution is -0.135. The second-order valence-electron chi connectivity index (χ2n) is 11.0. The van der Waals surface area contributed by atoms with Gasteiger partial charge in [0.25, 0.3) is 0 Å². The Kier molecular flexibility index (Phi) is 10.7. The molecule has 0 bridgehead atoms. The third-order valence-electron chi connectivity index (χ3n) is 6.55. The fraction of sp³-hybridized carbons (Fsp3) is 0.571. The molecule has 1 aliphatic rings. The van der Waals surface area contributed by atoms with Crippen molar-refractivity contribution in [2.45, 2.75) is 51.7 Å². The zero-order chi connectivity index (χ0) is 28.7. The van der Waals surface area contributed by atoms with Crippen molar-refractivity contribution in [3.63, 3.8) is 0 Å². The van der Waals surface area contributed by atoms with Gasteiger partial charge in [-0.15, -0.1) is 0 Å². The maximum atomic E-state index is 12.8. The van der Waals surface area contributed by atoms with Crippen LogP contribution in [0.25, 0.3) is 0 Å². The van der Waals surface area contributed by atoms with Crippen LogP contribution in [0.15, 0.2) is 29.4 Å². The molecule has 214 valence electrons. The molecule has 1 atom stereocenters. The molecule has 39 heavy (non-hydrogen) atoms. The standard InChI is InChI=1S/C28H40ClN5O4S/c1-19-17-33(12-13-34(19)25(35)16-28(2,3)4)24-15-23(29)30-27(31-24)39-18-26(36)32(5)11-10-20-8-9-21(37-6)22(14-20)38-7/h8-9,14-15,19H,10-13,16-18H2,1-7H3. The second kappa shape index (κ2) is 13.6. The first-order valence-corrected chi connectivity index (χ1v) is 14.4. The minimum absolute atomic E-state index is 0.0230. The molecule has 3 rings (SSSR count). The first-order valence-electron chi connectivity index (χ1n) is 13.1.